The van der Waals surface area contributed by atoms with Crippen molar-refractivity contribution in [1.29, 1.82) is 0 Å². The highest BCUT2D eigenvalue weighted by Gasteiger charge is 2.23. The number of hydrogen-bond acceptors (Lipinski definition) is 9. The predicted molar refractivity (Wildman–Crippen MR) is 125 cm³/mol. The highest BCUT2D eigenvalue weighted by molar-refractivity contribution is 5.87. The molecule has 0 aromatic heterocycles. The minimum absolute atomic E-state index is 0.0473. The first-order chi connectivity index (χ1) is 16.1. The Hall–Kier alpha value is -3.27. The fraction of sp³-hybridized carbons (Fsp3) is 0.400. The lowest BCUT2D eigenvalue weighted by molar-refractivity contribution is -0.172. The van der Waals surface area contributed by atoms with Crippen LogP contribution in [0.2, 0.25) is 0 Å². The van der Waals surface area contributed by atoms with Crippen LogP contribution in [0.3, 0.4) is 0 Å². The summed E-state index contributed by atoms with van der Waals surface area (Å²) < 4.78 is 24.2. The molecular weight excluding hydrogens is 444 g/mol. The molecule has 1 aromatic carbocycles. The van der Waals surface area contributed by atoms with Crippen molar-refractivity contribution < 1.29 is 43.2 Å². The lowest BCUT2D eigenvalue weighted by atomic mass is 10.2. The highest BCUT2D eigenvalue weighted by Crippen LogP contribution is 2.08. The maximum absolute atomic E-state index is 11.2. The van der Waals surface area contributed by atoms with Crippen LogP contribution < -0.4 is 0 Å². The van der Waals surface area contributed by atoms with E-state index in [1.165, 1.54) is 0 Å². The van der Waals surface area contributed by atoms with Crippen LogP contribution in [0.1, 0.15) is 26.3 Å². The zero-order chi connectivity index (χ0) is 25.9. The third kappa shape index (κ3) is 17.3. The second-order valence-electron chi connectivity index (χ2n) is 6.98. The molecule has 0 spiro atoms. The Morgan fingerprint density at radius 1 is 1.12 bits per heavy atom. The summed E-state index contributed by atoms with van der Waals surface area (Å²) in [7, 11) is 0. The molecule has 0 amide bonds. The van der Waals surface area contributed by atoms with Crippen molar-refractivity contribution in [1.82, 2.24) is 0 Å². The van der Waals surface area contributed by atoms with Gasteiger partial charge in [0.1, 0.15) is 19.3 Å². The Morgan fingerprint density at radius 3 is 2.18 bits per heavy atom. The zero-order valence-corrected chi connectivity index (χ0v) is 20.0. The first-order valence-electron chi connectivity index (χ1n) is 10.5. The van der Waals surface area contributed by atoms with E-state index in [9.17, 15) is 14.4 Å². The van der Waals surface area contributed by atoms with Crippen LogP contribution in [0.15, 0.2) is 67.3 Å². The van der Waals surface area contributed by atoms with Gasteiger partial charge in [0.2, 0.25) is 6.29 Å². The van der Waals surface area contributed by atoms with E-state index >= 15 is 0 Å². The first kappa shape index (κ1) is 30.7. The van der Waals surface area contributed by atoms with Crippen molar-refractivity contribution in [2.24, 2.45) is 0 Å². The number of hydrogen-bond donors (Lipinski definition) is 1. The molecule has 1 aliphatic heterocycles. The predicted octanol–water partition coefficient (Wildman–Crippen LogP) is 2.88. The highest BCUT2D eigenvalue weighted by atomic mass is 16.7. The van der Waals surface area contributed by atoms with Gasteiger partial charge in [0.25, 0.3) is 0 Å². The fourth-order valence-corrected chi connectivity index (χ4v) is 1.73. The number of aliphatic hydroxyl groups excluding tert-OH is 1. The molecule has 0 bridgehead atoms. The molecule has 9 heteroatoms. The molecular formula is C25H34O9. The molecule has 34 heavy (non-hydrogen) atoms. The van der Waals surface area contributed by atoms with E-state index in [1.54, 1.807) is 20.8 Å². The first-order valence-corrected chi connectivity index (χ1v) is 10.5. The van der Waals surface area contributed by atoms with Gasteiger partial charge in [0.15, 0.2) is 0 Å². The van der Waals surface area contributed by atoms with E-state index in [0.29, 0.717) is 31.0 Å². The third-order valence-electron chi connectivity index (χ3n) is 3.60. The van der Waals surface area contributed by atoms with Gasteiger partial charge in [-0.15, -0.1) is 0 Å². The van der Waals surface area contributed by atoms with Crippen LogP contribution in [0, 0.1) is 0 Å². The second kappa shape index (κ2) is 18.2. The van der Waals surface area contributed by atoms with Gasteiger partial charge in [0, 0.05) is 17.2 Å². The summed E-state index contributed by atoms with van der Waals surface area (Å²) in [5.41, 5.74) is 1.76. The number of ether oxygens (including phenoxy) is 5. The zero-order valence-electron chi connectivity index (χ0n) is 20.0. The summed E-state index contributed by atoms with van der Waals surface area (Å²) in [4.78, 5) is 32.0. The van der Waals surface area contributed by atoms with Crippen LogP contribution in [0.25, 0.3) is 0 Å². The van der Waals surface area contributed by atoms with Crippen molar-refractivity contribution >= 4 is 17.9 Å². The van der Waals surface area contributed by atoms with Crippen LogP contribution >= 0.6 is 0 Å². The largest absolute Gasteiger partial charge is 0.460 e. The van der Waals surface area contributed by atoms with Crippen molar-refractivity contribution in [2.75, 3.05) is 26.4 Å². The normalized spacial score (nSPS) is 13.9. The lowest BCUT2D eigenvalue weighted by Crippen LogP contribution is -2.18. The molecule has 1 aromatic rings. The maximum atomic E-state index is 11.2. The summed E-state index contributed by atoms with van der Waals surface area (Å²) in [6.07, 6.45) is 0.723. The van der Waals surface area contributed by atoms with Gasteiger partial charge in [0.05, 0.1) is 19.8 Å². The number of esters is 3. The van der Waals surface area contributed by atoms with Gasteiger partial charge in [-0.1, -0.05) is 50.1 Å². The summed E-state index contributed by atoms with van der Waals surface area (Å²) >= 11 is 0. The molecule has 1 aliphatic rings. The van der Waals surface area contributed by atoms with E-state index in [1.807, 2.05) is 30.3 Å². The molecule has 0 radical (unpaired) electrons. The van der Waals surface area contributed by atoms with E-state index < -0.39 is 18.2 Å². The van der Waals surface area contributed by atoms with Crippen LogP contribution in [-0.2, 0) is 44.7 Å². The molecule has 1 saturated heterocycles. The van der Waals surface area contributed by atoms with E-state index in [4.69, 9.17) is 19.3 Å². The van der Waals surface area contributed by atoms with Gasteiger partial charge in [-0.25, -0.2) is 14.4 Å². The average Bonchev–Trinajstić information content (AvgIpc) is 3.65. The van der Waals surface area contributed by atoms with Crippen molar-refractivity contribution in [3.05, 3.63) is 72.9 Å². The van der Waals surface area contributed by atoms with Gasteiger partial charge < -0.3 is 28.8 Å². The van der Waals surface area contributed by atoms with Gasteiger partial charge >= 0.3 is 17.9 Å². The van der Waals surface area contributed by atoms with E-state index in [0.717, 1.165) is 11.6 Å². The Balaban J connectivity index is 0.000000518. The number of benzene rings is 1. The minimum atomic E-state index is -0.565. The van der Waals surface area contributed by atoms with E-state index in [-0.39, 0.29) is 25.3 Å². The Bertz CT molecular complexity index is 798. The number of rotatable bonds is 11. The topological polar surface area (TPSA) is 121 Å². The number of epoxide rings is 1. The fourth-order valence-electron chi connectivity index (χ4n) is 1.73. The molecule has 1 fully saturated rings. The van der Waals surface area contributed by atoms with Crippen LogP contribution in [-0.4, -0.2) is 61.8 Å². The monoisotopic (exact) mass is 478 g/mol. The summed E-state index contributed by atoms with van der Waals surface area (Å²) in [6, 6.07) is 9.71. The van der Waals surface area contributed by atoms with Crippen molar-refractivity contribution in [2.45, 2.75) is 39.8 Å². The van der Waals surface area contributed by atoms with Gasteiger partial charge in [-0.2, -0.15) is 0 Å². The molecule has 0 aliphatic carbocycles. The summed E-state index contributed by atoms with van der Waals surface area (Å²) in [6.45, 7) is 16.3. The average molecular weight is 479 g/mol. The standard InChI is InChI=1S/C13H16O3.C6H8O3.C6H10O3/c1-10(2)13(14)16-11(3)15-9-12-7-5-4-6-8-12;1-2-6(7)9-4-5-3-8-5;1-5(2)6(8)9-4-3-7/h4-8,11H,1,9H2,2-3H3;2,5H,1,3-4H2;7H,1,3-4H2,2H3. The van der Waals surface area contributed by atoms with Crippen molar-refractivity contribution in [3.63, 3.8) is 0 Å². The third-order valence-corrected chi connectivity index (χ3v) is 3.60. The molecule has 2 atom stereocenters. The van der Waals surface area contributed by atoms with Crippen LogP contribution in [0.5, 0.6) is 0 Å². The molecule has 2 unspecified atom stereocenters. The number of carbonyl (C=O) groups is 3. The smallest absolute Gasteiger partial charge is 0.335 e. The minimum Gasteiger partial charge on any atom is -0.460 e. The quantitative estimate of drug-likeness (QED) is 0.168. The lowest BCUT2D eigenvalue weighted by Gasteiger charge is -2.13. The molecule has 1 N–H and O–H groups in total. The van der Waals surface area contributed by atoms with Gasteiger partial charge in [-0.05, 0) is 26.3 Å². The van der Waals surface area contributed by atoms with E-state index in [2.05, 4.69) is 29.2 Å². The molecule has 0 saturated carbocycles. The Labute approximate surface area is 200 Å². The van der Waals surface area contributed by atoms with Crippen LogP contribution in [0.4, 0.5) is 0 Å². The Kier molecular flexibility index (Phi) is 16.4. The number of carbonyl (C=O) groups excluding carboxylic acids is 3. The Morgan fingerprint density at radius 2 is 1.71 bits per heavy atom. The molecule has 1 heterocycles. The summed E-state index contributed by atoms with van der Waals surface area (Å²) in [5.74, 6) is -1.27. The van der Waals surface area contributed by atoms with Crippen molar-refractivity contribution in [3.8, 4) is 0 Å². The molecule has 9 nitrogen and oxygen atoms in total. The summed E-state index contributed by atoms with van der Waals surface area (Å²) in [5, 5.41) is 8.19. The molecule has 2 rings (SSSR count). The maximum Gasteiger partial charge on any atom is 0.335 e. The number of aliphatic hydroxyl groups is 1. The second-order valence-corrected chi connectivity index (χ2v) is 6.98. The molecule has 188 valence electrons. The van der Waals surface area contributed by atoms with Gasteiger partial charge in [-0.3, -0.25) is 0 Å². The SMILES string of the molecule is C=C(C)C(=O)OC(C)OCc1ccccc1.C=C(C)C(=O)OCCO.C=CC(=O)OCC1CO1.